The second kappa shape index (κ2) is 3.52. The average Bonchev–Trinajstić information content (AvgIpc) is 1.94. The van der Waals surface area contributed by atoms with Gasteiger partial charge in [0.2, 0.25) is 0 Å². The van der Waals surface area contributed by atoms with Crippen LogP contribution in [0.15, 0.2) is 0 Å². The van der Waals surface area contributed by atoms with Crippen LogP contribution in [0.4, 0.5) is 0 Å². The van der Waals surface area contributed by atoms with Crippen molar-refractivity contribution in [2.24, 2.45) is 11.7 Å². The van der Waals surface area contributed by atoms with E-state index in [1.165, 1.54) is 0 Å². The molecule has 0 unspecified atom stereocenters. The lowest BCUT2D eigenvalue weighted by atomic mass is 9.95. The van der Waals surface area contributed by atoms with Gasteiger partial charge in [-0.1, -0.05) is 13.8 Å². The molecular formula is C8H17NO2. The molecule has 66 valence electrons. The van der Waals surface area contributed by atoms with E-state index in [-0.39, 0.29) is 18.2 Å². The van der Waals surface area contributed by atoms with Gasteiger partial charge < -0.3 is 15.6 Å². The number of hydrogen-bond donors (Lipinski definition) is 2. The Labute approximate surface area is 67.5 Å². The Morgan fingerprint density at radius 1 is 1.55 bits per heavy atom. The molecule has 0 spiro atoms. The number of ether oxygens (including phenoxy) is 1. The minimum Gasteiger partial charge on any atom is -0.391 e. The Morgan fingerprint density at radius 2 is 2.18 bits per heavy atom. The van der Waals surface area contributed by atoms with Gasteiger partial charge in [0, 0.05) is 6.42 Å². The lowest BCUT2D eigenvalue weighted by molar-refractivity contribution is -0.0746. The fraction of sp³-hybridized carbons (Fsp3) is 1.00. The van der Waals surface area contributed by atoms with Crippen molar-refractivity contribution in [1.82, 2.24) is 0 Å². The molecule has 1 heterocycles. The van der Waals surface area contributed by atoms with Crippen molar-refractivity contribution in [3.05, 3.63) is 0 Å². The van der Waals surface area contributed by atoms with E-state index < -0.39 is 0 Å². The lowest BCUT2D eigenvalue weighted by Gasteiger charge is -2.33. The van der Waals surface area contributed by atoms with Crippen molar-refractivity contribution >= 4 is 0 Å². The van der Waals surface area contributed by atoms with Gasteiger partial charge in [-0.3, -0.25) is 0 Å². The van der Waals surface area contributed by atoms with Gasteiger partial charge in [0.1, 0.15) is 0 Å². The summed E-state index contributed by atoms with van der Waals surface area (Å²) in [5.41, 5.74) is 5.57. The summed E-state index contributed by atoms with van der Waals surface area (Å²) in [6.45, 7) is 4.67. The van der Waals surface area contributed by atoms with Gasteiger partial charge >= 0.3 is 0 Å². The van der Waals surface area contributed by atoms with Gasteiger partial charge in [-0.05, 0) is 5.92 Å². The Hall–Kier alpha value is -0.120. The first-order valence-corrected chi connectivity index (χ1v) is 4.16. The Balaban J connectivity index is 2.40. The van der Waals surface area contributed by atoms with Crippen LogP contribution >= 0.6 is 0 Å². The number of hydrogen-bond acceptors (Lipinski definition) is 3. The Bertz CT molecular complexity index is 127. The van der Waals surface area contributed by atoms with Crippen molar-refractivity contribution < 1.29 is 9.84 Å². The van der Waals surface area contributed by atoms with Gasteiger partial charge in [-0.2, -0.15) is 0 Å². The van der Waals surface area contributed by atoms with Crippen molar-refractivity contribution in [3.63, 3.8) is 0 Å². The second-order valence-corrected chi connectivity index (χ2v) is 3.58. The highest BCUT2D eigenvalue weighted by molar-refractivity contribution is 4.81. The van der Waals surface area contributed by atoms with Crippen LogP contribution in [0, 0.1) is 5.92 Å². The average molecular weight is 159 g/mol. The molecule has 0 aromatic heterocycles. The van der Waals surface area contributed by atoms with Gasteiger partial charge in [-0.15, -0.1) is 0 Å². The normalized spacial score (nSPS) is 39.5. The third kappa shape index (κ3) is 2.15. The van der Waals surface area contributed by atoms with Crippen LogP contribution in [0.5, 0.6) is 0 Å². The molecule has 0 radical (unpaired) electrons. The van der Waals surface area contributed by atoms with E-state index in [9.17, 15) is 5.11 Å². The molecule has 1 aliphatic heterocycles. The van der Waals surface area contributed by atoms with Crippen LogP contribution in [-0.4, -0.2) is 30.0 Å². The standard InChI is InChI=1S/C8H17NO2/c1-5(2)8-3-7(10)6(9)4-11-8/h5-8,10H,3-4,9H2,1-2H3/t6-,7+,8+/m0/s1. The number of nitrogens with two attached hydrogens (primary N) is 1. The highest BCUT2D eigenvalue weighted by atomic mass is 16.5. The van der Waals surface area contributed by atoms with Crippen molar-refractivity contribution in [1.29, 1.82) is 0 Å². The summed E-state index contributed by atoms with van der Waals surface area (Å²) in [6, 6.07) is -0.190. The fourth-order valence-corrected chi connectivity index (χ4v) is 1.29. The molecule has 0 bridgehead atoms. The minimum absolute atomic E-state index is 0.185. The minimum atomic E-state index is -0.379. The summed E-state index contributed by atoms with van der Waals surface area (Å²) in [7, 11) is 0. The first-order valence-electron chi connectivity index (χ1n) is 4.16. The summed E-state index contributed by atoms with van der Waals surface area (Å²) in [5.74, 6) is 0.470. The van der Waals surface area contributed by atoms with E-state index in [0.717, 1.165) is 0 Å². The zero-order valence-corrected chi connectivity index (χ0v) is 7.16. The van der Waals surface area contributed by atoms with Crippen LogP contribution in [-0.2, 0) is 4.74 Å². The maximum Gasteiger partial charge on any atom is 0.0738 e. The van der Waals surface area contributed by atoms with E-state index in [1.54, 1.807) is 0 Å². The predicted octanol–water partition coefficient (Wildman–Crippen LogP) is 0.120. The molecule has 3 nitrogen and oxygen atoms in total. The summed E-state index contributed by atoms with van der Waals surface area (Å²) in [6.07, 6.45) is 0.486. The molecule has 0 aromatic rings. The van der Waals surface area contributed by atoms with Gasteiger partial charge in [-0.25, -0.2) is 0 Å². The first kappa shape index (κ1) is 8.97. The molecule has 1 rings (SSSR count). The third-order valence-corrected chi connectivity index (χ3v) is 2.21. The van der Waals surface area contributed by atoms with Crippen LogP contribution in [0.2, 0.25) is 0 Å². The highest BCUT2D eigenvalue weighted by Crippen LogP contribution is 2.19. The third-order valence-electron chi connectivity index (χ3n) is 2.21. The topological polar surface area (TPSA) is 55.5 Å². The summed E-state index contributed by atoms with van der Waals surface area (Å²) in [4.78, 5) is 0. The van der Waals surface area contributed by atoms with Gasteiger partial charge in [0.25, 0.3) is 0 Å². The summed E-state index contributed by atoms with van der Waals surface area (Å²) < 4.78 is 5.44. The largest absolute Gasteiger partial charge is 0.391 e. The molecule has 1 saturated heterocycles. The van der Waals surface area contributed by atoms with Crippen molar-refractivity contribution in [2.75, 3.05) is 6.61 Å². The molecule has 3 atom stereocenters. The number of rotatable bonds is 1. The first-order chi connectivity index (χ1) is 5.11. The molecule has 11 heavy (non-hydrogen) atoms. The highest BCUT2D eigenvalue weighted by Gasteiger charge is 2.28. The van der Waals surface area contributed by atoms with E-state index in [4.69, 9.17) is 10.5 Å². The van der Waals surface area contributed by atoms with E-state index in [0.29, 0.717) is 18.9 Å². The molecule has 3 N–H and O–H groups in total. The Morgan fingerprint density at radius 3 is 2.64 bits per heavy atom. The van der Waals surface area contributed by atoms with Crippen molar-refractivity contribution in [2.45, 2.75) is 38.5 Å². The summed E-state index contributed by atoms with van der Waals surface area (Å²) in [5, 5.41) is 9.39. The lowest BCUT2D eigenvalue weighted by Crippen LogP contribution is -2.47. The molecule has 1 aliphatic rings. The van der Waals surface area contributed by atoms with Crippen LogP contribution in [0.3, 0.4) is 0 Å². The molecular weight excluding hydrogens is 142 g/mol. The van der Waals surface area contributed by atoms with Crippen molar-refractivity contribution in [3.8, 4) is 0 Å². The monoisotopic (exact) mass is 159 g/mol. The summed E-state index contributed by atoms with van der Waals surface area (Å²) >= 11 is 0. The van der Waals surface area contributed by atoms with Crippen LogP contribution < -0.4 is 5.73 Å². The number of aliphatic hydroxyl groups excluding tert-OH is 1. The zero-order chi connectivity index (χ0) is 8.43. The molecule has 0 aromatic carbocycles. The molecule has 3 heteroatoms. The fourth-order valence-electron chi connectivity index (χ4n) is 1.29. The maximum absolute atomic E-state index is 9.39. The van der Waals surface area contributed by atoms with Gasteiger partial charge in [0.05, 0.1) is 24.9 Å². The van der Waals surface area contributed by atoms with E-state index in [1.807, 2.05) is 0 Å². The smallest absolute Gasteiger partial charge is 0.0738 e. The molecule has 0 saturated carbocycles. The zero-order valence-electron chi connectivity index (χ0n) is 7.16. The van der Waals surface area contributed by atoms with Gasteiger partial charge in [0.15, 0.2) is 0 Å². The molecule has 0 aliphatic carbocycles. The van der Waals surface area contributed by atoms with Crippen LogP contribution in [0.25, 0.3) is 0 Å². The van der Waals surface area contributed by atoms with E-state index >= 15 is 0 Å². The van der Waals surface area contributed by atoms with E-state index in [2.05, 4.69) is 13.8 Å². The quantitative estimate of drug-likeness (QED) is 0.571. The van der Waals surface area contributed by atoms with Crippen LogP contribution in [0.1, 0.15) is 20.3 Å². The SMILES string of the molecule is CC(C)[C@H]1C[C@@H](O)[C@@H](N)CO1. The maximum atomic E-state index is 9.39. The Kier molecular flexibility index (Phi) is 2.87. The number of aliphatic hydroxyl groups is 1. The second-order valence-electron chi connectivity index (χ2n) is 3.58. The molecule has 1 fully saturated rings. The molecule has 0 amide bonds. The predicted molar refractivity (Wildman–Crippen MR) is 43.2 cm³/mol.